The van der Waals surface area contributed by atoms with Gasteiger partial charge in [-0.15, -0.1) is 0 Å². The number of aromatic nitrogens is 2. The summed E-state index contributed by atoms with van der Waals surface area (Å²) >= 11 is 3.36. The van der Waals surface area contributed by atoms with E-state index < -0.39 is 0 Å². The highest BCUT2D eigenvalue weighted by Crippen LogP contribution is 2.13. The first-order chi connectivity index (χ1) is 9.65. The van der Waals surface area contributed by atoms with Crippen LogP contribution in [0.4, 0.5) is 5.69 Å². The van der Waals surface area contributed by atoms with E-state index >= 15 is 0 Å². The molecule has 0 fully saturated rings. The summed E-state index contributed by atoms with van der Waals surface area (Å²) in [5, 5.41) is 10.1. The minimum absolute atomic E-state index is 0.0441. The molecular weight excluding hydrogens is 320 g/mol. The Morgan fingerprint density at radius 3 is 2.70 bits per heavy atom. The van der Waals surface area contributed by atoms with E-state index in [4.69, 9.17) is 0 Å². The number of nitrogens with one attached hydrogen (secondary N) is 2. The van der Waals surface area contributed by atoms with Gasteiger partial charge in [-0.2, -0.15) is 5.10 Å². The molecule has 0 unspecified atom stereocenters. The largest absolute Gasteiger partial charge is 0.325 e. The third kappa shape index (κ3) is 4.47. The number of hydrogen-bond donors (Lipinski definition) is 2. The molecule has 0 bridgehead atoms. The number of rotatable bonds is 6. The number of benzene rings is 1. The minimum Gasteiger partial charge on any atom is -0.325 e. The van der Waals surface area contributed by atoms with Crippen molar-refractivity contribution in [3.8, 4) is 0 Å². The van der Waals surface area contributed by atoms with Crippen molar-refractivity contribution in [3.05, 3.63) is 46.7 Å². The van der Waals surface area contributed by atoms with Crippen molar-refractivity contribution in [2.75, 3.05) is 18.4 Å². The maximum Gasteiger partial charge on any atom is 0.238 e. The Labute approximate surface area is 126 Å². The van der Waals surface area contributed by atoms with E-state index in [0.29, 0.717) is 6.54 Å². The molecule has 0 saturated heterocycles. The van der Waals surface area contributed by atoms with E-state index in [2.05, 4.69) is 31.7 Å². The molecule has 1 amide bonds. The summed E-state index contributed by atoms with van der Waals surface area (Å²) in [4.78, 5) is 11.7. The predicted molar refractivity (Wildman–Crippen MR) is 82.6 cm³/mol. The van der Waals surface area contributed by atoms with Crippen LogP contribution in [0.15, 0.2) is 41.0 Å². The molecule has 1 heterocycles. The van der Waals surface area contributed by atoms with Gasteiger partial charge in [-0.1, -0.05) is 15.9 Å². The van der Waals surface area contributed by atoms with Crippen LogP contribution in [0, 0.1) is 0 Å². The molecule has 0 aliphatic carbocycles. The zero-order valence-corrected chi connectivity index (χ0v) is 12.9. The Kier molecular flexibility index (Phi) is 5.31. The number of halogens is 1. The molecule has 0 aliphatic rings. The van der Waals surface area contributed by atoms with E-state index in [9.17, 15) is 4.79 Å². The van der Waals surface area contributed by atoms with Crippen molar-refractivity contribution >= 4 is 27.5 Å². The Balaban J connectivity index is 1.68. The highest BCUT2D eigenvalue weighted by atomic mass is 79.9. The lowest BCUT2D eigenvalue weighted by molar-refractivity contribution is -0.115. The summed E-state index contributed by atoms with van der Waals surface area (Å²) in [6.45, 7) is 1.04. The monoisotopic (exact) mass is 336 g/mol. The number of amides is 1. The zero-order chi connectivity index (χ0) is 14.4. The number of aryl methyl sites for hydroxylation is 1. The summed E-state index contributed by atoms with van der Waals surface area (Å²) < 4.78 is 2.83. The summed E-state index contributed by atoms with van der Waals surface area (Å²) in [6.07, 6.45) is 2.62. The van der Waals surface area contributed by atoms with Crippen LogP contribution in [0.1, 0.15) is 5.69 Å². The van der Waals surface area contributed by atoms with Crippen LogP contribution < -0.4 is 10.6 Å². The first kappa shape index (κ1) is 14.7. The molecule has 2 rings (SSSR count). The van der Waals surface area contributed by atoms with Gasteiger partial charge in [-0.05, 0) is 30.3 Å². The number of nitrogens with zero attached hydrogens (tertiary/aromatic N) is 2. The summed E-state index contributed by atoms with van der Waals surface area (Å²) in [6, 6.07) is 9.48. The molecule has 0 spiro atoms. The summed E-state index contributed by atoms with van der Waals surface area (Å²) in [5.41, 5.74) is 1.94. The number of carbonyl (C=O) groups is 1. The molecular formula is C14H17BrN4O. The van der Waals surface area contributed by atoms with Gasteiger partial charge in [-0.25, -0.2) is 0 Å². The first-order valence-corrected chi connectivity index (χ1v) is 7.17. The number of carbonyl (C=O) groups excluding carboxylic acids is 1. The average Bonchev–Trinajstić information content (AvgIpc) is 2.83. The average molecular weight is 337 g/mol. The molecule has 0 aliphatic heterocycles. The van der Waals surface area contributed by atoms with E-state index in [1.165, 1.54) is 0 Å². The van der Waals surface area contributed by atoms with Crippen LogP contribution in [0.2, 0.25) is 0 Å². The molecule has 1 aromatic heterocycles. The Morgan fingerprint density at radius 1 is 1.30 bits per heavy atom. The van der Waals surface area contributed by atoms with Crippen molar-refractivity contribution in [2.45, 2.75) is 6.42 Å². The van der Waals surface area contributed by atoms with Crippen LogP contribution in [-0.2, 0) is 18.3 Å². The standard InChI is InChI=1S/C14H17BrN4O/c1-19-13(7-9-17-19)6-8-16-10-14(20)18-12-4-2-11(15)3-5-12/h2-5,7,9,16H,6,8,10H2,1H3,(H,18,20). The van der Waals surface area contributed by atoms with Crippen LogP contribution in [0.5, 0.6) is 0 Å². The van der Waals surface area contributed by atoms with Crippen LogP contribution in [0.3, 0.4) is 0 Å². The molecule has 5 nitrogen and oxygen atoms in total. The van der Waals surface area contributed by atoms with Gasteiger partial charge in [0.1, 0.15) is 0 Å². The van der Waals surface area contributed by atoms with Gasteiger partial charge < -0.3 is 10.6 Å². The molecule has 2 N–H and O–H groups in total. The van der Waals surface area contributed by atoms with Gasteiger partial charge >= 0.3 is 0 Å². The van der Waals surface area contributed by atoms with Gasteiger partial charge in [-0.3, -0.25) is 9.48 Å². The Bertz CT molecular complexity index is 565. The smallest absolute Gasteiger partial charge is 0.238 e. The van der Waals surface area contributed by atoms with Gasteiger partial charge in [0.2, 0.25) is 5.91 Å². The fourth-order valence-corrected chi connectivity index (χ4v) is 2.07. The third-order valence-electron chi connectivity index (χ3n) is 2.89. The van der Waals surface area contributed by atoms with Crippen molar-refractivity contribution in [2.24, 2.45) is 7.05 Å². The number of anilines is 1. The van der Waals surface area contributed by atoms with Gasteiger partial charge in [0, 0.05) is 42.1 Å². The van der Waals surface area contributed by atoms with Crippen molar-refractivity contribution in [1.29, 1.82) is 0 Å². The van der Waals surface area contributed by atoms with Gasteiger partial charge in [0.05, 0.1) is 6.54 Å². The molecule has 0 radical (unpaired) electrons. The zero-order valence-electron chi connectivity index (χ0n) is 11.3. The second-order valence-electron chi connectivity index (χ2n) is 4.43. The van der Waals surface area contributed by atoms with E-state index in [-0.39, 0.29) is 5.91 Å². The Hall–Kier alpha value is -1.66. The van der Waals surface area contributed by atoms with E-state index in [1.807, 2.05) is 42.1 Å². The fraction of sp³-hybridized carbons (Fsp3) is 0.286. The van der Waals surface area contributed by atoms with Crippen LogP contribution >= 0.6 is 15.9 Å². The highest BCUT2D eigenvalue weighted by Gasteiger charge is 2.02. The maximum atomic E-state index is 11.7. The van der Waals surface area contributed by atoms with Gasteiger partial charge in [0.15, 0.2) is 0 Å². The lowest BCUT2D eigenvalue weighted by atomic mass is 10.3. The normalized spacial score (nSPS) is 10.5. The summed E-state index contributed by atoms with van der Waals surface area (Å²) in [5.74, 6) is -0.0441. The highest BCUT2D eigenvalue weighted by molar-refractivity contribution is 9.10. The van der Waals surface area contributed by atoms with Crippen LogP contribution in [0.25, 0.3) is 0 Å². The van der Waals surface area contributed by atoms with Crippen molar-refractivity contribution in [1.82, 2.24) is 15.1 Å². The number of hydrogen-bond acceptors (Lipinski definition) is 3. The summed E-state index contributed by atoms with van der Waals surface area (Å²) in [7, 11) is 1.91. The predicted octanol–water partition coefficient (Wildman–Crippen LogP) is 1.95. The van der Waals surface area contributed by atoms with Gasteiger partial charge in [0.25, 0.3) is 0 Å². The van der Waals surface area contributed by atoms with E-state index in [1.54, 1.807) is 6.20 Å². The minimum atomic E-state index is -0.0441. The lowest BCUT2D eigenvalue weighted by Crippen LogP contribution is -2.29. The molecule has 106 valence electrons. The molecule has 0 atom stereocenters. The Morgan fingerprint density at radius 2 is 2.05 bits per heavy atom. The molecule has 0 saturated carbocycles. The van der Waals surface area contributed by atoms with E-state index in [0.717, 1.165) is 28.8 Å². The quantitative estimate of drug-likeness (QED) is 0.792. The van der Waals surface area contributed by atoms with Crippen molar-refractivity contribution < 1.29 is 4.79 Å². The molecule has 1 aromatic carbocycles. The SMILES string of the molecule is Cn1nccc1CCNCC(=O)Nc1ccc(Br)cc1. The lowest BCUT2D eigenvalue weighted by Gasteiger charge is -2.07. The third-order valence-corrected chi connectivity index (χ3v) is 3.42. The molecule has 2 aromatic rings. The second-order valence-corrected chi connectivity index (χ2v) is 5.34. The first-order valence-electron chi connectivity index (χ1n) is 6.38. The van der Waals surface area contributed by atoms with Crippen molar-refractivity contribution in [3.63, 3.8) is 0 Å². The topological polar surface area (TPSA) is 59.0 Å². The maximum absolute atomic E-state index is 11.7. The van der Waals surface area contributed by atoms with Crippen LogP contribution in [-0.4, -0.2) is 28.8 Å². The second kappa shape index (κ2) is 7.21. The molecule has 20 heavy (non-hydrogen) atoms. The fourth-order valence-electron chi connectivity index (χ4n) is 1.80. The molecule has 6 heteroatoms.